The minimum atomic E-state index is -0.433. The van der Waals surface area contributed by atoms with Gasteiger partial charge in [-0.3, -0.25) is 9.59 Å². The Bertz CT molecular complexity index is 130. The maximum Gasteiger partial charge on any atom is 0.317 e. The van der Waals surface area contributed by atoms with Crippen molar-refractivity contribution in [3.05, 3.63) is 0 Å². The van der Waals surface area contributed by atoms with E-state index in [1.807, 2.05) is 0 Å². The summed E-state index contributed by atoms with van der Waals surface area (Å²) in [6.45, 7) is 0. The number of thiol groups is 1. The topological polar surface area (TPSA) is 52.6 Å². The third-order valence-corrected chi connectivity index (χ3v) is 1.29. The van der Waals surface area contributed by atoms with Crippen LogP contribution in [0, 0.1) is 0 Å². The number of carbonyl (C=O) groups excluding carboxylic acids is 2. The van der Waals surface area contributed by atoms with Gasteiger partial charge in [-0.1, -0.05) is 0 Å². The highest BCUT2D eigenvalue weighted by Gasteiger charge is 2.04. The van der Waals surface area contributed by atoms with Crippen molar-refractivity contribution < 1.29 is 18.5 Å². The van der Waals surface area contributed by atoms with Crippen LogP contribution < -0.4 is 0 Å². The molecule has 0 fully saturated rings. The molecule has 0 aliphatic rings. The zero-order valence-corrected chi connectivity index (χ0v) is 7.10. The van der Waals surface area contributed by atoms with Crippen LogP contribution in [0.25, 0.3) is 0 Å². The molecule has 0 aromatic carbocycles. The minimum absolute atomic E-state index is 0.193. The average Bonchev–Trinajstić information content (AvgIpc) is 2.04. The Morgan fingerprint density at radius 3 is 2.27 bits per heavy atom. The summed E-state index contributed by atoms with van der Waals surface area (Å²) in [4.78, 5) is 20.9. The second kappa shape index (κ2) is 6.03. The lowest BCUT2D eigenvalue weighted by Crippen LogP contribution is -2.02. The Balaban J connectivity index is 3.27. The molecular formula is C6H10O4S. The number of rotatable bonds is 4. The van der Waals surface area contributed by atoms with Gasteiger partial charge in [0.1, 0.15) is 0 Å². The average molecular weight is 178 g/mol. The van der Waals surface area contributed by atoms with E-state index in [1.54, 1.807) is 0 Å². The number of carbonyl (C=O) groups is 2. The van der Waals surface area contributed by atoms with Crippen molar-refractivity contribution in [2.24, 2.45) is 0 Å². The summed E-state index contributed by atoms with van der Waals surface area (Å²) >= 11 is 3.30. The van der Waals surface area contributed by atoms with Crippen LogP contribution in [0.4, 0.5) is 0 Å². The van der Waals surface area contributed by atoms with Crippen LogP contribution in [0.2, 0.25) is 0 Å². The van der Waals surface area contributed by atoms with E-state index in [4.69, 9.17) is 0 Å². The molecule has 0 aliphatic carbocycles. The summed E-state index contributed by atoms with van der Waals surface area (Å²) in [5.41, 5.74) is 0. The third kappa shape index (κ3) is 5.72. The van der Waals surface area contributed by atoms with E-state index in [9.17, 15) is 9.59 Å². The predicted molar refractivity (Wildman–Crippen MR) is 40.9 cm³/mol. The van der Waals surface area contributed by atoms with Gasteiger partial charge in [0.15, 0.2) is 0 Å². The molecule has 0 radical (unpaired) electrons. The molecule has 0 N–H and O–H groups in total. The van der Waals surface area contributed by atoms with Gasteiger partial charge in [-0.05, 0) is 6.42 Å². The van der Waals surface area contributed by atoms with E-state index in [0.717, 1.165) is 0 Å². The van der Waals surface area contributed by atoms with Gasteiger partial charge in [-0.15, -0.1) is 0 Å². The summed E-state index contributed by atoms with van der Waals surface area (Å²) < 4.78 is 8.42. The van der Waals surface area contributed by atoms with E-state index in [2.05, 4.69) is 21.8 Å². The standard InChI is InChI=1S/C6H10O4S/c1-9-5(7)3-2-4-6(8)10-11/h11H,2-4H2,1H3. The molecule has 0 spiro atoms. The maximum atomic E-state index is 10.5. The van der Waals surface area contributed by atoms with Crippen LogP contribution in [-0.4, -0.2) is 19.0 Å². The van der Waals surface area contributed by atoms with Gasteiger partial charge in [0, 0.05) is 25.8 Å². The highest BCUT2D eigenvalue weighted by atomic mass is 32.1. The quantitative estimate of drug-likeness (QED) is 0.391. The van der Waals surface area contributed by atoms with Crippen LogP contribution >= 0.6 is 12.9 Å². The molecule has 0 aliphatic heterocycles. The molecule has 0 heterocycles. The molecule has 11 heavy (non-hydrogen) atoms. The van der Waals surface area contributed by atoms with Gasteiger partial charge in [-0.2, -0.15) is 0 Å². The Labute approximate surface area is 70.5 Å². The van der Waals surface area contributed by atoms with Crippen LogP contribution in [0.15, 0.2) is 0 Å². The lowest BCUT2D eigenvalue weighted by atomic mass is 10.2. The van der Waals surface area contributed by atoms with Crippen LogP contribution in [-0.2, 0) is 18.5 Å². The number of ether oxygens (including phenoxy) is 1. The second-order valence-electron chi connectivity index (χ2n) is 1.89. The van der Waals surface area contributed by atoms with Crippen LogP contribution in [0.5, 0.6) is 0 Å². The number of methoxy groups -OCH3 is 1. The fourth-order valence-corrected chi connectivity index (χ4v) is 0.616. The molecule has 64 valence electrons. The molecule has 0 amide bonds. The lowest BCUT2D eigenvalue weighted by molar-refractivity contribution is -0.141. The first-order valence-electron chi connectivity index (χ1n) is 3.11. The second-order valence-corrected chi connectivity index (χ2v) is 2.08. The molecule has 0 saturated carbocycles. The Morgan fingerprint density at radius 1 is 1.27 bits per heavy atom. The fourth-order valence-electron chi connectivity index (χ4n) is 0.525. The predicted octanol–water partition coefficient (Wildman–Crippen LogP) is 0.718. The molecular weight excluding hydrogens is 168 g/mol. The van der Waals surface area contributed by atoms with Crippen molar-refractivity contribution in [2.45, 2.75) is 19.3 Å². The maximum absolute atomic E-state index is 10.5. The van der Waals surface area contributed by atoms with E-state index in [0.29, 0.717) is 6.42 Å². The van der Waals surface area contributed by atoms with E-state index in [-0.39, 0.29) is 18.8 Å². The fraction of sp³-hybridized carbons (Fsp3) is 0.667. The van der Waals surface area contributed by atoms with Gasteiger partial charge in [0.05, 0.1) is 7.11 Å². The zero-order chi connectivity index (χ0) is 8.69. The van der Waals surface area contributed by atoms with Crippen LogP contribution in [0.3, 0.4) is 0 Å². The van der Waals surface area contributed by atoms with Crippen molar-refractivity contribution in [3.8, 4) is 0 Å². The molecule has 0 saturated heterocycles. The number of hydrogen-bond acceptors (Lipinski definition) is 5. The zero-order valence-electron chi connectivity index (χ0n) is 6.20. The number of esters is 1. The first-order valence-corrected chi connectivity index (χ1v) is 3.48. The highest BCUT2D eigenvalue weighted by Crippen LogP contribution is 1.99. The number of hydrogen-bond donors (Lipinski definition) is 1. The van der Waals surface area contributed by atoms with Gasteiger partial charge in [-0.25, -0.2) is 0 Å². The largest absolute Gasteiger partial charge is 0.469 e. The molecule has 0 atom stereocenters. The van der Waals surface area contributed by atoms with Gasteiger partial charge < -0.3 is 8.92 Å². The smallest absolute Gasteiger partial charge is 0.317 e. The summed E-state index contributed by atoms with van der Waals surface area (Å²) in [5, 5.41) is 0. The normalized spacial score (nSPS) is 8.91. The highest BCUT2D eigenvalue weighted by molar-refractivity contribution is 7.75. The monoisotopic (exact) mass is 178 g/mol. The Hall–Kier alpha value is -0.710. The first-order chi connectivity index (χ1) is 5.20. The molecule has 5 heteroatoms. The van der Waals surface area contributed by atoms with Crippen molar-refractivity contribution in [3.63, 3.8) is 0 Å². The van der Waals surface area contributed by atoms with E-state index in [1.165, 1.54) is 7.11 Å². The van der Waals surface area contributed by atoms with Gasteiger partial charge in [0.25, 0.3) is 0 Å². The summed E-state index contributed by atoms with van der Waals surface area (Å²) in [7, 11) is 1.30. The molecule has 4 nitrogen and oxygen atoms in total. The Morgan fingerprint density at radius 2 is 1.82 bits per heavy atom. The molecule has 0 aromatic rings. The summed E-state index contributed by atoms with van der Waals surface area (Å²) in [6, 6.07) is 0. The third-order valence-electron chi connectivity index (χ3n) is 1.09. The molecule has 0 unspecified atom stereocenters. The van der Waals surface area contributed by atoms with Crippen LogP contribution in [0.1, 0.15) is 19.3 Å². The SMILES string of the molecule is COC(=O)CCCC(=O)OS. The Kier molecular flexibility index (Phi) is 5.64. The van der Waals surface area contributed by atoms with E-state index < -0.39 is 5.97 Å². The summed E-state index contributed by atoms with van der Waals surface area (Å²) in [5.74, 6) is -0.755. The van der Waals surface area contributed by atoms with Crippen molar-refractivity contribution in [1.82, 2.24) is 0 Å². The van der Waals surface area contributed by atoms with Crippen molar-refractivity contribution in [2.75, 3.05) is 7.11 Å². The molecule has 0 rings (SSSR count). The van der Waals surface area contributed by atoms with E-state index >= 15 is 0 Å². The van der Waals surface area contributed by atoms with Gasteiger partial charge >= 0.3 is 11.9 Å². The van der Waals surface area contributed by atoms with Crippen molar-refractivity contribution >= 4 is 24.8 Å². The first kappa shape index (κ1) is 10.3. The summed E-state index contributed by atoms with van der Waals surface area (Å²) in [6.07, 6.45) is 0.865. The molecule has 0 aromatic heterocycles. The molecule has 0 bridgehead atoms. The minimum Gasteiger partial charge on any atom is -0.469 e. The van der Waals surface area contributed by atoms with Crippen molar-refractivity contribution in [1.29, 1.82) is 0 Å². The van der Waals surface area contributed by atoms with Gasteiger partial charge in [0.2, 0.25) is 0 Å². The lowest BCUT2D eigenvalue weighted by Gasteiger charge is -1.97.